The van der Waals surface area contributed by atoms with E-state index < -0.39 is 47.2 Å². The number of benzene rings is 2. The molecule has 2 aromatic carbocycles. The first kappa shape index (κ1) is 32.2. The highest BCUT2D eigenvalue weighted by Gasteiger charge is 2.32. The zero-order chi connectivity index (χ0) is 30.9. The lowest BCUT2D eigenvalue weighted by molar-refractivity contribution is -0.159. The summed E-state index contributed by atoms with van der Waals surface area (Å²) in [6.07, 6.45) is 0.927. The molecule has 0 aliphatic carbocycles. The highest BCUT2D eigenvalue weighted by molar-refractivity contribution is 5.91. The maximum atomic E-state index is 13.6. The van der Waals surface area contributed by atoms with Crippen LogP contribution in [0, 0.1) is 0 Å². The van der Waals surface area contributed by atoms with Gasteiger partial charge in [-0.2, -0.15) is 0 Å². The molecule has 2 atom stereocenters. The number of aromatic nitrogens is 1. The van der Waals surface area contributed by atoms with Crippen molar-refractivity contribution in [2.24, 2.45) is 0 Å². The van der Waals surface area contributed by atoms with Crippen molar-refractivity contribution >= 4 is 34.8 Å². The third-order valence-electron chi connectivity index (χ3n) is 5.99. The van der Waals surface area contributed by atoms with Gasteiger partial charge in [0, 0.05) is 29.9 Å². The number of H-pyrrole nitrogens is 1. The number of esters is 2. The first-order chi connectivity index (χ1) is 19.7. The van der Waals surface area contributed by atoms with Crippen molar-refractivity contribution in [1.82, 2.24) is 15.6 Å². The van der Waals surface area contributed by atoms with Gasteiger partial charge in [-0.3, -0.25) is 9.59 Å². The predicted molar refractivity (Wildman–Crippen MR) is 158 cm³/mol. The van der Waals surface area contributed by atoms with Gasteiger partial charge >= 0.3 is 18.0 Å². The minimum atomic E-state index is -1.16. The Morgan fingerprint density at radius 3 is 2.12 bits per heavy atom. The van der Waals surface area contributed by atoms with Crippen LogP contribution < -0.4 is 10.6 Å². The smallest absolute Gasteiger partial charge is 0.408 e. The Bertz CT molecular complexity index is 1370. The number of rotatable bonds is 11. The van der Waals surface area contributed by atoms with Gasteiger partial charge in [-0.05, 0) is 65.2 Å². The van der Waals surface area contributed by atoms with Crippen molar-refractivity contribution in [3.05, 3.63) is 71.9 Å². The molecule has 10 nitrogen and oxygen atoms in total. The second-order valence-electron chi connectivity index (χ2n) is 12.0. The molecular formula is C32H41N3O7. The van der Waals surface area contributed by atoms with E-state index in [9.17, 15) is 19.2 Å². The number of hydrogen-bond donors (Lipinski definition) is 3. The van der Waals surface area contributed by atoms with Crippen LogP contribution in [0.25, 0.3) is 10.9 Å². The number of nitrogens with one attached hydrogen (secondary N) is 3. The molecule has 226 valence electrons. The summed E-state index contributed by atoms with van der Waals surface area (Å²) in [7, 11) is 0. The van der Waals surface area contributed by atoms with Crippen LogP contribution >= 0.6 is 0 Å². The summed E-state index contributed by atoms with van der Waals surface area (Å²) in [5.41, 5.74) is 0.887. The van der Waals surface area contributed by atoms with E-state index in [4.69, 9.17) is 14.2 Å². The second-order valence-corrected chi connectivity index (χ2v) is 12.0. The average Bonchev–Trinajstić information content (AvgIpc) is 3.30. The molecule has 2 amide bonds. The molecule has 1 unspecified atom stereocenters. The van der Waals surface area contributed by atoms with Gasteiger partial charge in [-0.1, -0.05) is 48.5 Å². The van der Waals surface area contributed by atoms with Crippen LogP contribution in [-0.2, 0) is 41.6 Å². The molecule has 3 aromatic rings. The Morgan fingerprint density at radius 1 is 0.810 bits per heavy atom. The van der Waals surface area contributed by atoms with Crippen molar-refractivity contribution in [2.75, 3.05) is 0 Å². The fraction of sp³-hybridized carbons (Fsp3) is 0.438. The monoisotopic (exact) mass is 579 g/mol. The number of para-hydroxylation sites is 1. The molecule has 0 bridgehead atoms. The van der Waals surface area contributed by atoms with Crippen molar-refractivity contribution in [3.63, 3.8) is 0 Å². The number of carbonyl (C=O) groups excluding carboxylic acids is 4. The number of aromatic amines is 1. The predicted octanol–water partition coefficient (Wildman–Crippen LogP) is 4.95. The average molecular weight is 580 g/mol. The molecule has 3 rings (SSSR count). The van der Waals surface area contributed by atoms with E-state index in [-0.39, 0.29) is 25.9 Å². The quantitative estimate of drug-likeness (QED) is 0.216. The van der Waals surface area contributed by atoms with Crippen LogP contribution in [0.3, 0.4) is 0 Å². The van der Waals surface area contributed by atoms with Gasteiger partial charge in [-0.25, -0.2) is 9.59 Å². The molecule has 42 heavy (non-hydrogen) atoms. The molecule has 0 saturated heterocycles. The van der Waals surface area contributed by atoms with Crippen LogP contribution in [0.4, 0.5) is 4.79 Å². The number of alkyl carbamates (subject to hydrolysis) is 1. The van der Waals surface area contributed by atoms with Gasteiger partial charge in [0.15, 0.2) is 0 Å². The molecule has 1 aromatic heterocycles. The van der Waals surface area contributed by atoms with Gasteiger partial charge < -0.3 is 29.8 Å². The first-order valence-corrected chi connectivity index (χ1v) is 14.0. The maximum absolute atomic E-state index is 13.6. The van der Waals surface area contributed by atoms with Gasteiger partial charge in [0.05, 0.1) is 0 Å². The SMILES string of the molecule is CC(C)(C)OC(=O)N[C@@H](Cc1c[nH]c2ccccc12)C(=O)NC(CCC(=O)OCc1ccccc1)C(=O)OC(C)(C)C. The maximum Gasteiger partial charge on any atom is 0.408 e. The Kier molecular flexibility index (Phi) is 10.7. The minimum Gasteiger partial charge on any atom is -0.461 e. The van der Waals surface area contributed by atoms with E-state index in [0.717, 1.165) is 22.0 Å². The van der Waals surface area contributed by atoms with Crippen LogP contribution in [-0.4, -0.2) is 52.2 Å². The van der Waals surface area contributed by atoms with Crippen LogP contribution in [0.15, 0.2) is 60.8 Å². The standard InChI is InChI=1S/C32H41N3O7/c1-31(2,3)41-29(38)25(16-17-27(36)40-20-21-12-8-7-9-13-21)34-28(37)26(35-30(39)42-32(4,5)6)18-22-19-33-24-15-11-10-14-23(22)24/h7-15,19,25-26,33H,16-18,20H2,1-6H3,(H,34,37)(H,35,39)/t25?,26-/m0/s1. The molecule has 1 heterocycles. The number of fused-ring (bicyclic) bond motifs is 1. The zero-order valence-electron chi connectivity index (χ0n) is 25.1. The fourth-order valence-electron chi connectivity index (χ4n) is 4.15. The van der Waals surface area contributed by atoms with Gasteiger partial charge in [0.25, 0.3) is 0 Å². The van der Waals surface area contributed by atoms with Crippen LogP contribution in [0.5, 0.6) is 0 Å². The summed E-state index contributed by atoms with van der Waals surface area (Å²) in [6.45, 7) is 10.4. The molecule has 0 spiro atoms. The first-order valence-electron chi connectivity index (χ1n) is 14.0. The topological polar surface area (TPSA) is 136 Å². The number of amides is 2. The summed E-state index contributed by atoms with van der Waals surface area (Å²) in [4.78, 5) is 55.1. The van der Waals surface area contributed by atoms with Crippen molar-refractivity contribution < 1.29 is 33.4 Å². The number of ether oxygens (including phenoxy) is 3. The Hall–Kier alpha value is -4.34. The van der Waals surface area contributed by atoms with E-state index in [1.807, 2.05) is 54.6 Å². The normalized spacial score (nSPS) is 13.1. The highest BCUT2D eigenvalue weighted by atomic mass is 16.6. The summed E-state index contributed by atoms with van der Waals surface area (Å²) in [5.74, 6) is -1.85. The Balaban J connectivity index is 1.76. The third-order valence-corrected chi connectivity index (χ3v) is 5.99. The Morgan fingerprint density at radius 2 is 1.45 bits per heavy atom. The van der Waals surface area contributed by atoms with E-state index in [1.165, 1.54) is 0 Å². The van der Waals surface area contributed by atoms with E-state index in [1.54, 1.807) is 47.7 Å². The summed E-state index contributed by atoms with van der Waals surface area (Å²) in [5, 5.41) is 6.23. The molecule has 0 saturated carbocycles. The summed E-state index contributed by atoms with van der Waals surface area (Å²) < 4.78 is 16.3. The number of carbonyl (C=O) groups is 4. The summed E-state index contributed by atoms with van der Waals surface area (Å²) in [6, 6.07) is 14.6. The molecular weight excluding hydrogens is 538 g/mol. The molecule has 0 fully saturated rings. The lowest BCUT2D eigenvalue weighted by atomic mass is 10.0. The zero-order valence-corrected chi connectivity index (χ0v) is 25.1. The number of hydrogen-bond acceptors (Lipinski definition) is 7. The van der Waals surface area contributed by atoms with Gasteiger partial charge in [0.1, 0.15) is 29.9 Å². The van der Waals surface area contributed by atoms with Gasteiger partial charge in [-0.15, -0.1) is 0 Å². The minimum absolute atomic E-state index is 0.0550. The molecule has 0 aliphatic heterocycles. The van der Waals surface area contributed by atoms with Crippen LogP contribution in [0.1, 0.15) is 65.5 Å². The lowest BCUT2D eigenvalue weighted by Gasteiger charge is -2.27. The van der Waals surface area contributed by atoms with E-state index in [0.29, 0.717) is 0 Å². The highest BCUT2D eigenvalue weighted by Crippen LogP contribution is 2.20. The third kappa shape index (κ3) is 10.6. The second kappa shape index (κ2) is 14.0. The summed E-state index contributed by atoms with van der Waals surface area (Å²) >= 11 is 0. The van der Waals surface area contributed by atoms with Gasteiger partial charge in [0.2, 0.25) is 5.91 Å². The van der Waals surface area contributed by atoms with E-state index >= 15 is 0 Å². The largest absolute Gasteiger partial charge is 0.461 e. The van der Waals surface area contributed by atoms with Crippen molar-refractivity contribution in [1.29, 1.82) is 0 Å². The molecule has 3 N–H and O–H groups in total. The lowest BCUT2D eigenvalue weighted by Crippen LogP contribution is -2.54. The molecule has 0 radical (unpaired) electrons. The Labute approximate surface area is 246 Å². The van der Waals surface area contributed by atoms with Crippen molar-refractivity contribution in [3.8, 4) is 0 Å². The van der Waals surface area contributed by atoms with E-state index in [2.05, 4.69) is 15.6 Å². The molecule has 0 aliphatic rings. The molecule has 10 heteroatoms. The van der Waals surface area contributed by atoms with Crippen molar-refractivity contribution in [2.45, 2.75) is 90.7 Å². The van der Waals surface area contributed by atoms with Crippen LogP contribution in [0.2, 0.25) is 0 Å². The fourth-order valence-corrected chi connectivity index (χ4v) is 4.15.